The number of nitrogens with zero attached hydrogens (tertiary/aromatic N) is 1. The first-order valence-corrected chi connectivity index (χ1v) is 22.5. The molecule has 10 aromatic carbocycles. The van der Waals surface area contributed by atoms with Crippen LogP contribution in [0.25, 0.3) is 76.8 Å². The fourth-order valence-electron chi connectivity index (χ4n) is 11.0. The third kappa shape index (κ3) is 5.76. The molecular formula is C62H49N. The van der Waals surface area contributed by atoms with Crippen LogP contribution in [0.5, 0.6) is 0 Å². The van der Waals surface area contributed by atoms with Crippen molar-refractivity contribution in [3.8, 4) is 44.5 Å². The minimum atomic E-state index is -0.228. The molecule has 0 N–H and O–H groups in total. The van der Waals surface area contributed by atoms with Gasteiger partial charge in [0.15, 0.2) is 0 Å². The maximum atomic E-state index is 2.52. The van der Waals surface area contributed by atoms with Gasteiger partial charge in [-0.15, -0.1) is 0 Å². The minimum absolute atomic E-state index is 0.228. The Balaban J connectivity index is 1.04. The Morgan fingerprint density at radius 3 is 1.49 bits per heavy atom. The van der Waals surface area contributed by atoms with Gasteiger partial charge in [0.05, 0.1) is 0 Å². The predicted molar refractivity (Wildman–Crippen MR) is 269 cm³/mol. The molecule has 0 unspecified atom stereocenters. The molecule has 0 radical (unpaired) electrons. The molecule has 10 aromatic rings. The molecule has 0 aliphatic heterocycles. The molecule has 0 bridgehead atoms. The van der Waals surface area contributed by atoms with Gasteiger partial charge < -0.3 is 4.90 Å². The lowest BCUT2D eigenvalue weighted by molar-refractivity contribution is 0.660. The van der Waals surface area contributed by atoms with E-state index in [9.17, 15) is 0 Å². The fourth-order valence-corrected chi connectivity index (χ4v) is 11.0. The molecular weight excluding hydrogens is 759 g/mol. The van der Waals surface area contributed by atoms with Crippen molar-refractivity contribution in [1.29, 1.82) is 0 Å². The van der Waals surface area contributed by atoms with Crippen LogP contribution in [0.15, 0.2) is 176 Å². The van der Waals surface area contributed by atoms with Crippen molar-refractivity contribution in [2.45, 2.75) is 53.4 Å². The maximum absolute atomic E-state index is 2.52. The summed E-state index contributed by atoms with van der Waals surface area (Å²) in [5.74, 6) is 0. The number of hydrogen-bond donors (Lipinski definition) is 0. The summed E-state index contributed by atoms with van der Waals surface area (Å²) >= 11 is 0. The highest BCUT2D eigenvalue weighted by Gasteiger charge is 2.37. The lowest BCUT2D eigenvalue weighted by Crippen LogP contribution is -2.17. The Bertz CT molecular complexity index is 3510. The van der Waals surface area contributed by atoms with E-state index in [1.165, 1.54) is 138 Å². The SMILES string of the molecule is Cc1ccc(N(c2ccc(C)c(C)c2)c2ccc3c(c2)C(C)(C)c2cc(-c4c5ccccc5c(-c5ccc6c(c5)-c5ccccc5C6)c5cc6ccccc6cc45)ccc2-3)cc1C. The summed E-state index contributed by atoms with van der Waals surface area (Å²) in [6.45, 7) is 13.6. The first kappa shape index (κ1) is 37.5. The Morgan fingerprint density at radius 2 is 0.857 bits per heavy atom. The topological polar surface area (TPSA) is 3.24 Å². The minimum Gasteiger partial charge on any atom is -0.310 e. The van der Waals surface area contributed by atoms with Gasteiger partial charge in [0.1, 0.15) is 0 Å². The summed E-state index contributed by atoms with van der Waals surface area (Å²) in [6, 6.07) is 67.1. The van der Waals surface area contributed by atoms with Crippen LogP contribution < -0.4 is 4.90 Å². The van der Waals surface area contributed by atoms with Crippen LogP contribution in [0, 0.1) is 27.7 Å². The van der Waals surface area contributed by atoms with Gasteiger partial charge in [-0.3, -0.25) is 0 Å². The average molecular weight is 808 g/mol. The molecule has 302 valence electrons. The molecule has 12 rings (SSSR count). The van der Waals surface area contributed by atoms with Gasteiger partial charge in [-0.25, -0.2) is 0 Å². The number of hydrogen-bond acceptors (Lipinski definition) is 1. The summed E-state index contributed by atoms with van der Waals surface area (Å²) in [4.78, 5) is 2.44. The van der Waals surface area contributed by atoms with Gasteiger partial charge >= 0.3 is 0 Å². The summed E-state index contributed by atoms with van der Waals surface area (Å²) in [5, 5.41) is 7.66. The van der Waals surface area contributed by atoms with Crippen LogP contribution in [0.1, 0.15) is 58.4 Å². The quantitative estimate of drug-likeness (QED) is 0.157. The van der Waals surface area contributed by atoms with E-state index in [0.717, 1.165) is 6.42 Å². The van der Waals surface area contributed by atoms with Crippen molar-refractivity contribution < 1.29 is 0 Å². The Labute approximate surface area is 370 Å². The van der Waals surface area contributed by atoms with Gasteiger partial charge in [-0.05, 0) is 216 Å². The van der Waals surface area contributed by atoms with Crippen molar-refractivity contribution in [3.05, 3.63) is 220 Å². The molecule has 2 aliphatic carbocycles. The fraction of sp³-hybridized carbons (Fsp3) is 0.129. The molecule has 2 aliphatic rings. The maximum Gasteiger partial charge on any atom is 0.0465 e. The zero-order chi connectivity index (χ0) is 42.7. The Hall–Kier alpha value is -7.22. The van der Waals surface area contributed by atoms with E-state index in [4.69, 9.17) is 0 Å². The van der Waals surface area contributed by atoms with Gasteiger partial charge in [-0.2, -0.15) is 0 Å². The van der Waals surface area contributed by atoms with Crippen molar-refractivity contribution in [3.63, 3.8) is 0 Å². The van der Waals surface area contributed by atoms with Gasteiger partial charge in [-0.1, -0.05) is 129 Å². The van der Waals surface area contributed by atoms with Gasteiger partial charge in [0, 0.05) is 22.5 Å². The van der Waals surface area contributed by atoms with E-state index in [-0.39, 0.29) is 5.41 Å². The van der Waals surface area contributed by atoms with Crippen LogP contribution in [0.3, 0.4) is 0 Å². The molecule has 1 nitrogen and oxygen atoms in total. The molecule has 0 spiro atoms. The number of rotatable bonds is 5. The molecule has 63 heavy (non-hydrogen) atoms. The van der Waals surface area contributed by atoms with E-state index in [1.807, 2.05) is 0 Å². The van der Waals surface area contributed by atoms with Crippen molar-refractivity contribution in [2.75, 3.05) is 4.90 Å². The highest BCUT2D eigenvalue weighted by atomic mass is 15.1. The molecule has 0 heterocycles. The molecule has 0 fully saturated rings. The molecule has 1 heteroatoms. The zero-order valence-corrected chi connectivity index (χ0v) is 36.9. The lowest BCUT2D eigenvalue weighted by Gasteiger charge is -2.29. The van der Waals surface area contributed by atoms with E-state index in [0.29, 0.717) is 0 Å². The van der Waals surface area contributed by atoms with E-state index >= 15 is 0 Å². The first-order valence-electron chi connectivity index (χ1n) is 22.5. The highest BCUT2D eigenvalue weighted by Crippen LogP contribution is 2.53. The molecule has 0 atom stereocenters. The van der Waals surface area contributed by atoms with Gasteiger partial charge in [0.2, 0.25) is 0 Å². The summed E-state index contributed by atoms with van der Waals surface area (Å²) in [7, 11) is 0. The largest absolute Gasteiger partial charge is 0.310 e. The van der Waals surface area contributed by atoms with Crippen LogP contribution >= 0.6 is 0 Å². The number of benzene rings is 10. The highest BCUT2D eigenvalue weighted by molar-refractivity contribution is 6.24. The monoisotopic (exact) mass is 807 g/mol. The third-order valence-corrected chi connectivity index (χ3v) is 14.7. The second-order valence-corrected chi connectivity index (χ2v) is 18.7. The van der Waals surface area contributed by atoms with E-state index in [2.05, 4.69) is 222 Å². The zero-order valence-electron chi connectivity index (χ0n) is 36.9. The molecule has 0 saturated heterocycles. The van der Waals surface area contributed by atoms with Crippen LogP contribution in [0.4, 0.5) is 17.1 Å². The summed E-state index contributed by atoms with van der Waals surface area (Å²) in [5.41, 5.74) is 24.5. The Kier molecular flexibility index (Phi) is 8.28. The van der Waals surface area contributed by atoms with Crippen LogP contribution in [-0.2, 0) is 11.8 Å². The molecule has 0 saturated carbocycles. The van der Waals surface area contributed by atoms with Gasteiger partial charge in [0.25, 0.3) is 0 Å². The second-order valence-electron chi connectivity index (χ2n) is 18.7. The van der Waals surface area contributed by atoms with Crippen LogP contribution in [0.2, 0.25) is 0 Å². The van der Waals surface area contributed by atoms with E-state index < -0.39 is 0 Å². The second kappa shape index (κ2) is 13.9. The number of anilines is 3. The predicted octanol–water partition coefficient (Wildman–Crippen LogP) is 17.1. The molecule has 0 aromatic heterocycles. The lowest BCUT2D eigenvalue weighted by atomic mass is 9.80. The summed E-state index contributed by atoms with van der Waals surface area (Å²) < 4.78 is 0. The third-order valence-electron chi connectivity index (χ3n) is 14.7. The molecule has 0 amide bonds. The van der Waals surface area contributed by atoms with Crippen molar-refractivity contribution in [1.82, 2.24) is 0 Å². The van der Waals surface area contributed by atoms with E-state index in [1.54, 1.807) is 0 Å². The summed E-state index contributed by atoms with van der Waals surface area (Å²) in [6.07, 6.45) is 0.994. The Morgan fingerprint density at radius 1 is 0.365 bits per heavy atom. The number of fused-ring (bicyclic) bond motifs is 9. The standard InChI is InChI=1S/C62H49N/c1-37-19-24-47(29-39(37)3)63(48-25-20-38(2)40(4)30-48)49-26-28-52-51-27-23-46(35-58(51)62(5,6)59(52)36-49)61-54-18-12-11-17-53(54)60(56-32-41-13-7-8-14-42(41)33-57(56)61)45-22-21-44-31-43-15-9-10-16-50(43)55(44)34-45/h7-30,32-36H,31H2,1-6H3. The average Bonchev–Trinajstić information content (AvgIpc) is 3.78. The van der Waals surface area contributed by atoms with Crippen LogP contribution in [-0.4, -0.2) is 0 Å². The number of aryl methyl sites for hydroxylation is 4. The van der Waals surface area contributed by atoms with Crippen molar-refractivity contribution in [2.24, 2.45) is 0 Å². The first-order chi connectivity index (χ1) is 30.6. The van der Waals surface area contributed by atoms with Crippen molar-refractivity contribution >= 4 is 49.4 Å². The normalized spacial score (nSPS) is 13.3. The smallest absolute Gasteiger partial charge is 0.0465 e.